The van der Waals surface area contributed by atoms with Gasteiger partial charge in [0.25, 0.3) is 0 Å². The van der Waals surface area contributed by atoms with Crippen LogP contribution in [-0.4, -0.2) is 0 Å². The fourth-order valence-electron chi connectivity index (χ4n) is 2.04. The van der Waals surface area contributed by atoms with Crippen LogP contribution in [0.3, 0.4) is 0 Å². The van der Waals surface area contributed by atoms with E-state index in [9.17, 15) is 0 Å². The molecule has 0 heteroatoms. The summed E-state index contributed by atoms with van der Waals surface area (Å²) in [5.41, 5.74) is 1.75. The van der Waals surface area contributed by atoms with Crippen molar-refractivity contribution in [3.8, 4) is 0 Å². The number of hydrogen-bond donors (Lipinski definition) is 0. The van der Waals surface area contributed by atoms with Crippen molar-refractivity contribution in [2.24, 2.45) is 5.92 Å². The third-order valence-electron chi connectivity index (χ3n) is 3.09. The standard InChI is InChI=1S/C12H22/c1-3-11(4-2)10-12-8-6-5-7-9-12/h8,11H,3-7,9-10H2,1-2H3. The molecule has 12 heavy (non-hydrogen) atoms. The molecular formula is C12H22. The zero-order valence-electron chi connectivity index (χ0n) is 8.60. The molecule has 0 saturated heterocycles. The maximum atomic E-state index is 2.49. The Kier molecular flexibility index (Phi) is 4.42. The molecule has 0 aromatic carbocycles. The van der Waals surface area contributed by atoms with Crippen LogP contribution in [0.1, 0.15) is 58.8 Å². The lowest BCUT2D eigenvalue weighted by atomic mass is 9.89. The van der Waals surface area contributed by atoms with Gasteiger partial charge in [0.05, 0.1) is 0 Å². The maximum absolute atomic E-state index is 2.49. The Balaban J connectivity index is 2.32. The van der Waals surface area contributed by atoms with Gasteiger partial charge in [0.1, 0.15) is 0 Å². The molecule has 1 aliphatic carbocycles. The summed E-state index contributed by atoms with van der Waals surface area (Å²) in [6.07, 6.45) is 12.2. The number of rotatable bonds is 4. The Labute approximate surface area is 77.1 Å². The van der Waals surface area contributed by atoms with Crippen molar-refractivity contribution in [3.05, 3.63) is 11.6 Å². The molecule has 0 amide bonds. The van der Waals surface area contributed by atoms with E-state index in [1.54, 1.807) is 5.57 Å². The molecule has 0 N–H and O–H groups in total. The lowest BCUT2D eigenvalue weighted by molar-refractivity contribution is 0.473. The van der Waals surface area contributed by atoms with E-state index < -0.39 is 0 Å². The van der Waals surface area contributed by atoms with Crippen LogP contribution in [-0.2, 0) is 0 Å². The monoisotopic (exact) mass is 166 g/mol. The highest BCUT2D eigenvalue weighted by Crippen LogP contribution is 2.26. The van der Waals surface area contributed by atoms with Crippen LogP contribution in [0.15, 0.2) is 11.6 Å². The maximum Gasteiger partial charge on any atom is -0.0292 e. The van der Waals surface area contributed by atoms with Crippen LogP contribution in [0.4, 0.5) is 0 Å². The predicted molar refractivity (Wildman–Crippen MR) is 55.2 cm³/mol. The van der Waals surface area contributed by atoms with E-state index in [1.807, 2.05) is 0 Å². The normalized spacial score (nSPS) is 18.1. The Morgan fingerprint density at radius 3 is 2.50 bits per heavy atom. The zero-order valence-corrected chi connectivity index (χ0v) is 8.60. The van der Waals surface area contributed by atoms with E-state index in [-0.39, 0.29) is 0 Å². The molecule has 0 unspecified atom stereocenters. The molecule has 0 bridgehead atoms. The molecule has 0 aromatic rings. The third-order valence-corrected chi connectivity index (χ3v) is 3.09. The first-order valence-corrected chi connectivity index (χ1v) is 5.54. The van der Waals surface area contributed by atoms with Crippen LogP contribution in [0, 0.1) is 5.92 Å². The van der Waals surface area contributed by atoms with Crippen molar-refractivity contribution in [1.29, 1.82) is 0 Å². The molecule has 0 atom stereocenters. The second kappa shape index (κ2) is 5.40. The van der Waals surface area contributed by atoms with E-state index >= 15 is 0 Å². The van der Waals surface area contributed by atoms with Crippen LogP contribution >= 0.6 is 0 Å². The van der Waals surface area contributed by atoms with Gasteiger partial charge in [-0.25, -0.2) is 0 Å². The first kappa shape index (κ1) is 9.83. The molecule has 0 spiro atoms. The first-order valence-electron chi connectivity index (χ1n) is 5.54. The summed E-state index contributed by atoms with van der Waals surface area (Å²) in [4.78, 5) is 0. The van der Waals surface area contributed by atoms with Gasteiger partial charge in [-0.3, -0.25) is 0 Å². The number of hydrogen-bond acceptors (Lipinski definition) is 0. The van der Waals surface area contributed by atoms with E-state index in [0.717, 1.165) is 5.92 Å². The summed E-state index contributed by atoms with van der Waals surface area (Å²) in [7, 11) is 0. The quantitative estimate of drug-likeness (QED) is 0.546. The molecule has 0 aromatic heterocycles. The van der Waals surface area contributed by atoms with Gasteiger partial charge in [0, 0.05) is 0 Å². The first-order chi connectivity index (χ1) is 5.86. The van der Waals surface area contributed by atoms with Gasteiger partial charge < -0.3 is 0 Å². The average molecular weight is 166 g/mol. The van der Waals surface area contributed by atoms with Crippen molar-refractivity contribution in [2.45, 2.75) is 58.8 Å². The van der Waals surface area contributed by atoms with Gasteiger partial charge >= 0.3 is 0 Å². The minimum absolute atomic E-state index is 0.953. The third kappa shape index (κ3) is 3.00. The van der Waals surface area contributed by atoms with Gasteiger partial charge in [0.2, 0.25) is 0 Å². The summed E-state index contributed by atoms with van der Waals surface area (Å²) in [5, 5.41) is 0. The summed E-state index contributed by atoms with van der Waals surface area (Å²) < 4.78 is 0. The second-order valence-electron chi connectivity index (χ2n) is 3.99. The van der Waals surface area contributed by atoms with Crippen molar-refractivity contribution in [1.82, 2.24) is 0 Å². The molecule has 0 radical (unpaired) electrons. The smallest absolute Gasteiger partial charge is 0.0292 e. The second-order valence-corrected chi connectivity index (χ2v) is 3.99. The molecule has 0 aliphatic heterocycles. The highest BCUT2D eigenvalue weighted by atomic mass is 14.1. The topological polar surface area (TPSA) is 0 Å². The van der Waals surface area contributed by atoms with Gasteiger partial charge in [-0.1, -0.05) is 38.3 Å². The minimum atomic E-state index is 0.953. The molecule has 0 saturated carbocycles. The van der Waals surface area contributed by atoms with E-state index in [0.29, 0.717) is 0 Å². The van der Waals surface area contributed by atoms with Gasteiger partial charge in [0.15, 0.2) is 0 Å². The number of allylic oxidation sites excluding steroid dienone is 2. The molecule has 0 nitrogen and oxygen atoms in total. The van der Waals surface area contributed by atoms with Crippen molar-refractivity contribution < 1.29 is 0 Å². The van der Waals surface area contributed by atoms with Crippen molar-refractivity contribution in [3.63, 3.8) is 0 Å². The van der Waals surface area contributed by atoms with Crippen LogP contribution in [0.25, 0.3) is 0 Å². The predicted octanol–water partition coefficient (Wildman–Crippen LogP) is 4.31. The molecule has 0 heterocycles. The van der Waals surface area contributed by atoms with Crippen molar-refractivity contribution in [2.75, 3.05) is 0 Å². The summed E-state index contributed by atoms with van der Waals surface area (Å²) in [6, 6.07) is 0. The van der Waals surface area contributed by atoms with E-state index in [2.05, 4.69) is 19.9 Å². The van der Waals surface area contributed by atoms with E-state index in [1.165, 1.54) is 44.9 Å². The van der Waals surface area contributed by atoms with Gasteiger partial charge in [-0.05, 0) is 38.0 Å². The minimum Gasteiger partial charge on any atom is -0.0853 e. The lowest BCUT2D eigenvalue weighted by Crippen LogP contribution is -2.01. The van der Waals surface area contributed by atoms with E-state index in [4.69, 9.17) is 0 Å². The summed E-state index contributed by atoms with van der Waals surface area (Å²) >= 11 is 0. The highest BCUT2D eigenvalue weighted by molar-refractivity contribution is 5.05. The molecule has 1 aliphatic rings. The largest absolute Gasteiger partial charge is 0.0853 e. The fourth-order valence-corrected chi connectivity index (χ4v) is 2.04. The van der Waals surface area contributed by atoms with Crippen LogP contribution in [0.2, 0.25) is 0 Å². The zero-order chi connectivity index (χ0) is 8.81. The highest BCUT2D eigenvalue weighted by Gasteiger charge is 2.08. The average Bonchev–Trinajstić information content (AvgIpc) is 2.16. The molecule has 1 rings (SSSR count). The van der Waals surface area contributed by atoms with Crippen molar-refractivity contribution >= 4 is 0 Å². The SMILES string of the molecule is CCC(CC)CC1=CCCCC1. The summed E-state index contributed by atoms with van der Waals surface area (Å²) in [6.45, 7) is 4.63. The molecule has 70 valence electrons. The molecule has 0 fully saturated rings. The Bertz CT molecular complexity index is 140. The van der Waals surface area contributed by atoms with Crippen LogP contribution < -0.4 is 0 Å². The fraction of sp³-hybridized carbons (Fsp3) is 0.833. The molecular weight excluding hydrogens is 144 g/mol. The Morgan fingerprint density at radius 2 is 2.00 bits per heavy atom. The lowest BCUT2D eigenvalue weighted by Gasteiger charge is -2.17. The Morgan fingerprint density at radius 1 is 1.25 bits per heavy atom. The van der Waals surface area contributed by atoms with Gasteiger partial charge in [-0.15, -0.1) is 0 Å². The Hall–Kier alpha value is -0.260. The van der Waals surface area contributed by atoms with Gasteiger partial charge in [-0.2, -0.15) is 0 Å². The summed E-state index contributed by atoms with van der Waals surface area (Å²) in [5.74, 6) is 0.953. The van der Waals surface area contributed by atoms with Crippen LogP contribution in [0.5, 0.6) is 0 Å².